The smallest absolute Gasteiger partial charge is 0.260 e. The van der Waals surface area contributed by atoms with Crippen LogP contribution in [0, 0.1) is 0 Å². The third-order valence-corrected chi connectivity index (χ3v) is 4.70. The van der Waals surface area contributed by atoms with Crippen molar-refractivity contribution in [2.45, 2.75) is 24.9 Å². The van der Waals surface area contributed by atoms with Gasteiger partial charge in [-0.25, -0.2) is 8.42 Å². The van der Waals surface area contributed by atoms with Crippen LogP contribution in [0.3, 0.4) is 0 Å². The molecule has 0 spiro atoms. The van der Waals surface area contributed by atoms with E-state index in [4.69, 9.17) is 0 Å². The molecule has 96 valence electrons. The SMILES string of the molecule is CC(C)n1nccc1S(=O)(=O)N1CCNCC1. The normalized spacial score (nSPS) is 18.8. The first-order chi connectivity index (χ1) is 8.03. The number of hydrogen-bond donors (Lipinski definition) is 1. The van der Waals surface area contributed by atoms with Crippen molar-refractivity contribution in [3.8, 4) is 0 Å². The molecule has 17 heavy (non-hydrogen) atoms. The summed E-state index contributed by atoms with van der Waals surface area (Å²) in [6.07, 6.45) is 1.54. The zero-order valence-corrected chi connectivity index (χ0v) is 10.9. The van der Waals surface area contributed by atoms with Crippen LogP contribution >= 0.6 is 0 Å². The second kappa shape index (κ2) is 4.75. The second-order valence-corrected chi connectivity index (χ2v) is 6.25. The second-order valence-electron chi connectivity index (χ2n) is 4.36. The van der Waals surface area contributed by atoms with Crippen LogP contribution in [-0.2, 0) is 10.0 Å². The Morgan fingerprint density at radius 2 is 2.00 bits per heavy atom. The molecule has 1 aliphatic heterocycles. The summed E-state index contributed by atoms with van der Waals surface area (Å²) in [5.74, 6) is 0. The minimum atomic E-state index is -3.40. The van der Waals surface area contributed by atoms with Crippen molar-refractivity contribution in [1.29, 1.82) is 0 Å². The molecule has 2 rings (SSSR count). The van der Waals surface area contributed by atoms with Crippen LogP contribution in [0.2, 0.25) is 0 Å². The van der Waals surface area contributed by atoms with Crippen molar-refractivity contribution >= 4 is 10.0 Å². The monoisotopic (exact) mass is 258 g/mol. The summed E-state index contributed by atoms with van der Waals surface area (Å²) in [6.45, 7) is 6.29. The highest BCUT2D eigenvalue weighted by Gasteiger charge is 2.29. The third-order valence-electron chi connectivity index (χ3n) is 2.80. The molecule has 0 bridgehead atoms. The highest BCUT2D eigenvalue weighted by atomic mass is 32.2. The molecule has 0 amide bonds. The van der Waals surface area contributed by atoms with E-state index in [0.717, 1.165) is 0 Å². The number of rotatable bonds is 3. The maximum absolute atomic E-state index is 12.4. The largest absolute Gasteiger partial charge is 0.314 e. The first-order valence-electron chi connectivity index (χ1n) is 5.78. The molecule has 1 saturated heterocycles. The molecule has 0 saturated carbocycles. The van der Waals surface area contributed by atoms with Crippen molar-refractivity contribution in [3.05, 3.63) is 12.3 Å². The molecule has 0 atom stereocenters. The zero-order valence-electron chi connectivity index (χ0n) is 10.1. The topological polar surface area (TPSA) is 67.2 Å². The van der Waals surface area contributed by atoms with Gasteiger partial charge in [0.1, 0.15) is 0 Å². The first-order valence-corrected chi connectivity index (χ1v) is 7.22. The third kappa shape index (κ3) is 2.36. The van der Waals surface area contributed by atoms with Gasteiger partial charge in [0, 0.05) is 32.2 Å². The number of nitrogens with one attached hydrogen (secondary N) is 1. The summed E-state index contributed by atoms with van der Waals surface area (Å²) in [7, 11) is -3.40. The Hall–Kier alpha value is -0.920. The van der Waals surface area contributed by atoms with Crippen LogP contribution in [0.4, 0.5) is 0 Å². The van der Waals surface area contributed by atoms with E-state index in [-0.39, 0.29) is 11.1 Å². The van der Waals surface area contributed by atoms with Gasteiger partial charge in [0.2, 0.25) is 0 Å². The lowest BCUT2D eigenvalue weighted by Crippen LogP contribution is -2.46. The van der Waals surface area contributed by atoms with Crippen LogP contribution in [0.15, 0.2) is 17.3 Å². The minimum Gasteiger partial charge on any atom is -0.314 e. The van der Waals surface area contributed by atoms with E-state index in [9.17, 15) is 8.42 Å². The Kier molecular flexibility index (Phi) is 3.50. The van der Waals surface area contributed by atoms with E-state index in [1.54, 1.807) is 10.7 Å². The quantitative estimate of drug-likeness (QED) is 0.832. The number of sulfonamides is 1. The van der Waals surface area contributed by atoms with Gasteiger partial charge >= 0.3 is 0 Å². The van der Waals surface area contributed by atoms with Gasteiger partial charge in [-0.2, -0.15) is 9.40 Å². The van der Waals surface area contributed by atoms with Crippen molar-refractivity contribution in [2.24, 2.45) is 0 Å². The highest BCUT2D eigenvalue weighted by Crippen LogP contribution is 2.18. The van der Waals surface area contributed by atoms with Crippen molar-refractivity contribution in [3.63, 3.8) is 0 Å². The van der Waals surface area contributed by atoms with Gasteiger partial charge in [0.25, 0.3) is 10.0 Å². The van der Waals surface area contributed by atoms with E-state index in [1.165, 1.54) is 10.5 Å². The summed E-state index contributed by atoms with van der Waals surface area (Å²) in [6, 6.07) is 1.61. The summed E-state index contributed by atoms with van der Waals surface area (Å²) >= 11 is 0. The molecule has 1 N–H and O–H groups in total. The van der Waals surface area contributed by atoms with Gasteiger partial charge in [-0.3, -0.25) is 4.68 Å². The molecule has 0 unspecified atom stereocenters. The Labute approximate surface area is 102 Å². The number of aromatic nitrogens is 2. The molecular weight excluding hydrogens is 240 g/mol. The molecule has 0 radical (unpaired) electrons. The summed E-state index contributed by atoms with van der Waals surface area (Å²) in [5.41, 5.74) is 0. The van der Waals surface area contributed by atoms with Crippen molar-refractivity contribution in [2.75, 3.05) is 26.2 Å². The van der Waals surface area contributed by atoms with Gasteiger partial charge in [-0.15, -0.1) is 0 Å². The number of nitrogens with zero attached hydrogens (tertiary/aromatic N) is 3. The number of piperazine rings is 1. The average Bonchev–Trinajstić information content (AvgIpc) is 2.80. The average molecular weight is 258 g/mol. The van der Waals surface area contributed by atoms with Crippen LogP contribution in [-0.4, -0.2) is 48.7 Å². The predicted octanol–water partition coefficient (Wildman–Crippen LogP) is 0.0579. The van der Waals surface area contributed by atoms with Crippen molar-refractivity contribution in [1.82, 2.24) is 19.4 Å². The van der Waals surface area contributed by atoms with Gasteiger partial charge < -0.3 is 5.32 Å². The Morgan fingerprint density at radius 1 is 1.35 bits per heavy atom. The van der Waals surface area contributed by atoms with Crippen molar-refractivity contribution < 1.29 is 8.42 Å². The van der Waals surface area contributed by atoms with Gasteiger partial charge in [0.05, 0.1) is 6.20 Å². The van der Waals surface area contributed by atoms with E-state index in [2.05, 4.69) is 10.4 Å². The minimum absolute atomic E-state index is 0.0395. The summed E-state index contributed by atoms with van der Waals surface area (Å²) in [4.78, 5) is 0. The Bertz CT molecular complexity index is 474. The lowest BCUT2D eigenvalue weighted by molar-refractivity contribution is 0.353. The molecule has 1 aromatic heterocycles. The Balaban J connectivity index is 2.33. The van der Waals surface area contributed by atoms with E-state index in [0.29, 0.717) is 26.2 Å². The molecule has 0 aliphatic carbocycles. The fourth-order valence-electron chi connectivity index (χ4n) is 1.91. The fraction of sp³-hybridized carbons (Fsp3) is 0.700. The highest BCUT2D eigenvalue weighted by molar-refractivity contribution is 7.89. The molecule has 1 aromatic rings. The van der Waals surface area contributed by atoms with E-state index < -0.39 is 10.0 Å². The van der Waals surface area contributed by atoms with Gasteiger partial charge in [0.15, 0.2) is 5.03 Å². The zero-order chi connectivity index (χ0) is 12.5. The molecule has 1 fully saturated rings. The Morgan fingerprint density at radius 3 is 2.59 bits per heavy atom. The summed E-state index contributed by atoms with van der Waals surface area (Å²) in [5, 5.41) is 7.50. The predicted molar refractivity (Wildman–Crippen MR) is 64.2 cm³/mol. The lowest BCUT2D eigenvalue weighted by Gasteiger charge is -2.27. The summed E-state index contributed by atoms with van der Waals surface area (Å²) < 4.78 is 27.9. The van der Waals surface area contributed by atoms with Crippen LogP contribution in [0.5, 0.6) is 0 Å². The molecule has 1 aliphatic rings. The lowest BCUT2D eigenvalue weighted by atomic mass is 10.4. The first kappa shape index (κ1) is 12.5. The molecular formula is C10H18N4O2S. The van der Waals surface area contributed by atoms with Gasteiger partial charge in [-0.1, -0.05) is 0 Å². The fourth-order valence-corrected chi connectivity index (χ4v) is 3.57. The van der Waals surface area contributed by atoms with E-state index in [1.807, 2.05) is 13.8 Å². The standard InChI is InChI=1S/C10H18N4O2S/c1-9(2)14-10(3-4-12-14)17(15,16)13-7-5-11-6-8-13/h3-4,9,11H,5-8H2,1-2H3. The molecule has 2 heterocycles. The van der Waals surface area contributed by atoms with Crippen LogP contribution in [0.25, 0.3) is 0 Å². The van der Waals surface area contributed by atoms with Crippen LogP contribution in [0.1, 0.15) is 19.9 Å². The maximum atomic E-state index is 12.4. The molecule has 0 aromatic carbocycles. The molecule has 7 heteroatoms. The van der Waals surface area contributed by atoms with Gasteiger partial charge in [-0.05, 0) is 19.9 Å². The van der Waals surface area contributed by atoms with Crippen LogP contribution < -0.4 is 5.32 Å². The van der Waals surface area contributed by atoms with E-state index >= 15 is 0 Å². The number of hydrogen-bond acceptors (Lipinski definition) is 4. The molecule has 6 nitrogen and oxygen atoms in total. The maximum Gasteiger partial charge on any atom is 0.260 e.